The fraction of sp³-hybridized carbons (Fsp3) is 0.875. The van der Waals surface area contributed by atoms with Gasteiger partial charge in [-0.2, -0.15) is 0 Å². The number of aldehydes is 1. The molecule has 0 rings (SSSR count). The molecule has 0 aromatic carbocycles. The van der Waals surface area contributed by atoms with Crippen molar-refractivity contribution in [1.29, 1.82) is 0 Å². The summed E-state index contributed by atoms with van der Waals surface area (Å²) in [4.78, 5) is 10.3. The van der Waals surface area contributed by atoms with Crippen LogP contribution in [0.25, 0.3) is 0 Å². The Labute approximate surface area is 62.2 Å². The molecule has 0 bridgehead atoms. The molecule has 10 heavy (non-hydrogen) atoms. The molecular formula is C8H16O2. The van der Waals surface area contributed by atoms with E-state index in [1.165, 1.54) is 0 Å². The molecule has 60 valence electrons. The van der Waals surface area contributed by atoms with Crippen LogP contribution in [0.3, 0.4) is 0 Å². The van der Waals surface area contributed by atoms with Gasteiger partial charge in [-0.3, -0.25) is 0 Å². The summed E-state index contributed by atoms with van der Waals surface area (Å²) in [5.41, 5.74) is -1.05. The van der Waals surface area contributed by atoms with E-state index in [-0.39, 0.29) is 0 Å². The summed E-state index contributed by atoms with van der Waals surface area (Å²) in [5, 5.41) is 9.39. The molecule has 0 saturated carbocycles. The lowest BCUT2D eigenvalue weighted by Crippen LogP contribution is -2.29. The lowest BCUT2D eigenvalue weighted by atomic mass is 9.96. The summed E-state index contributed by atoms with van der Waals surface area (Å²) >= 11 is 0. The van der Waals surface area contributed by atoms with Crippen LogP contribution >= 0.6 is 0 Å². The highest BCUT2D eigenvalue weighted by molar-refractivity contribution is 5.61. The van der Waals surface area contributed by atoms with Gasteiger partial charge in [-0.25, -0.2) is 0 Å². The molecular weight excluding hydrogens is 128 g/mol. The maximum absolute atomic E-state index is 10.3. The van der Waals surface area contributed by atoms with Crippen molar-refractivity contribution in [3.8, 4) is 0 Å². The maximum Gasteiger partial charge on any atom is 0.151 e. The van der Waals surface area contributed by atoms with Crippen LogP contribution < -0.4 is 0 Å². The van der Waals surface area contributed by atoms with Crippen molar-refractivity contribution in [1.82, 2.24) is 0 Å². The van der Waals surface area contributed by atoms with E-state index in [4.69, 9.17) is 0 Å². The summed E-state index contributed by atoms with van der Waals surface area (Å²) < 4.78 is 0. The fourth-order valence-electron chi connectivity index (χ4n) is 0.802. The van der Waals surface area contributed by atoms with E-state index in [9.17, 15) is 9.90 Å². The summed E-state index contributed by atoms with van der Waals surface area (Å²) in [5.74, 6) is 0. The van der Waals surface area contributed by atoms with Gasteiger partial charge in [-0.1, -0.05) is 26.7 Å². The monoisotopic (exact) mass is 144 g/mol. The molecule has 0 aliphatic carbocycles. The minimum absolute atomic E-state index is 0.524. The first-order valence-corrected chi connectivity index (χ1v) is 3.87. The van der Waals surface area contributed by atoms with Gasteiger partial charge in [0.25, 0.3) is 0 Å². The van der Waals surface area contributed by atoms with Gasteiger partial charge in [-0.15, -0.1) is 0 Å². The quantitative estimate of drug-likeness (QED) is 0.594. The van der Waals surface area contributed by atoms with Gasteiger partial charge < -0.3 is 9.90 Å². The zero-order valence-corrected chi connectivity index (χ0v) is 6.76. The average molecular weight is 144 g/mol. The molecule has 1 N–H and O–H groups in total. The second-order valence-corrected chi connectivity index (χ2v) is 2.68. The summed E-state index contributed by atoms with van der Waals surface area (Å²) in [6.07, 6.45) is 3.72. The minimum Gasteiger partial charge on any atom is -0.382 e. The molecule has 0 aliphatic rings. The number of hydrogen-bond acceptors (Lipinski definition) is 2. The van der Waals surface area contributed by atoms with E-state index in [1.54, 1.807) is 0 Å². The van der Waals surface area contributed by atoms with Crippen LogP contribution in [0.15, 0.2) is 0 Å². The van der Waals surface area contributed by atoms with Gasteiger partial charge in [0.1, 0.15) is 5.60 Å². The van der Waals surface area contributed by atoms with Crippen molar-refractivity contribution in [2.75, 3.05) is 0 Å². The summed E-state index contributed by atoms with van der Waals surface area (Å²) in [6, 6.07) is 0. The van der Waals surface area contributed by atoms with Crippen molar-refractivity contribution in [2.45, 2.75) is 45.1 Å². The van der Waals surface area contributed by atoms with Gasteiger partial charge >= 0.3 is 0 Å². The van der Waals surface area contributed by atoms with Gasteiger partial charge in [-0.05, 0) is 12.8 Å². The number of carbonyl (C=O) groups is 1. The topological polar surface area (TPSA) is 37.3 Å². The molecule has 2 nitrogen and oxygen atoms in total. The largest absolute Gasteiger partial charge is 0.382 e. The number of rotatable bonds is 5. The number of hydrogen-bond donors (Lipinski definition) is 1. The molecule has 0 aromatic heterocycles. The molecule has 0 aliphatic heterocycles. The van der Waals surface area contributed by atoms with Crippen LogP contribution in [0.4, 0.5) is 0 Å². The van der Waals surface area contributed by atoms with Gasteiger partial charge in [0.15, 0.2) is 6.29 Å². The molecule has 2 heteroatoms. The van der Waals surface area contributed by atoms with Crippen molar-refractivity contribution in [2.24, 2.45) is 0 Å². The highest BCUT2D eigenvalue weighted by Gasteiger charge is 2.21. The van der Waals surface area contributed by atoms with E-state index in [1.807, 2.05) is 13.8 Å². The van der Waals surface area contributed by atoms with E-state index in [0.717, 1.165) is 12.8 Å². The van der Waals surface area contributed by atoms with Crippen molar-refractivity contribution in [3.63, 3.8) is 0 Å². The molecule has 0 heterocycles. The third-order valence-electron chi connectivity index (χ3n) is 1.79. The molecule has 0 radical (unpaired) electrons. The smallest absolute Gasteiger partial charge is 0.151 e. The first kappa shape index (κ1) is 9.63. The third kappa shape index (κ3) is 2.97. The Balaban J connectivity index is 3.68. The van der Waals surface area contributed by atoms with E-state index in [0.29, 0.717) is 19.1 Å². The predicted octanol–water partition coefficient (Wildman–Crippen LogP) is 1.52. The zero-order chi connectivity index (χ0) is 8.04. The molecule has 0 saturated heterocycles. The highest BCUT2D eigenvalue weighted by Crippen LogP contribution is 2.14. The molecule has 0 aromatic rings. The van der Waals surface area contributed by atoms with E-state index >= 15 is 0 Å². The molecule has 1 atom stereocenters. The Kier molecular flexibility index (Phi) is 4.28. The molecule has 0 amide bonds. The predicted molar refractivity (Wildman–Crippen MR) is 40.8 cm³/mol. The molecule has 1 unspecified atom stereocenters. The van der Waals surface area contributed by atoms with E-state index < -0.39 is 5.60 Å². The van der Waals surface area contributed by atoms with Crippen LogP contribution in [0.5, 0.6) is 0 Å². The first-order valence-electron chi connectivity index (χ1n) is 3.87. The van der Waals surface area contributed by atoms with Gasteiger partial charge in [0, 0.05) is 0 Å². The Bertz CT molecular complexity index is 101. The molecule has 0 spiro atoms. The summed E-state index contributed by atoms with van der Waals surface area (Å²) in [6.45, 7) is 3.87. The van der Waals surface area contributed by atoms with Crippen molar-refractivity contribution in [3.05, 3.63) is 0 Å². The third-order valence-corrected chi connectivity index (χ3v) is 1.79. The van der Waals surface area contributed by atoms with E-state index in [2.05, 4.69) is 0 Å². The van der Waals surface area contributed by atoms with Crippen LogP contribution in [0.1, 0.15) is 39.5 Å². The van der Waals surface area contributed by atoms with Crippen molar-refractivity contribution >= 4 is 6.29 Å². The minimum atomic E-state index is -1.05. The number of aliphatic hydroxyl groups is 1. The first-order chi connectivity index (χ1) is 4.68. The SMILES string of the molecule is CCCCC(O)(C=O)CC. The Morgan fingerprint density at radius 3 is 2.40 bits per heavy atom. The summed E-state index contributed by atoms with van der Waals surface area (Å²) in [7, 11) is 0. The van der Waals surface area contributed by atoms with Crippen LogP contribution in [0.2, 0.25) is 0 Å². The second kappa shape index (κ2) is 4.45. The lowest BCUT2D eigenvalue weighted by Gasteiger charge is -2.18. The van der Waals surface area contributed by atoms with Crippen LogP contribution in [-0.4, -0.2) is 17.0 Å². The van der Waals surface area contributed by atoms with Crippen LogP contribution in [-0.2, 0) is 4.79 Å². The van der Waals surface area contributed by atoms with Gasteiger partial charge in [0.05, 0.1) is 0 Å². The Morgan fingerprint density at radius 1 is 1.50 bits per heavy atom. The molecule has 0 fully saturated rings. The standard InChI is InChI=1S/C8H16O2/c1-3-5-6-8(10,4-2)7-9/h7,10H,3-6H2,1-2H3. The normalized spacial score (nSPS) is 16.3. The van der Waals surface area contributed by atoms with Crippen LogP contribution in [0, 0.1) is 0 Å². The van der Waals surface area contributed by atoms with Gasteiger partial charge in [0.2, 0.25) is 0 Å². The van der Waals surface area contributed by atoms with Crippen molar-refractivity contribution < 1.29 is 9.90 Å². The Hall–Kier alpha value is -0.370. The zero-order valence-electron chi connectivity index (χ0n) is 6.76. The number of carbonyl (C=O) groups excluding carboxylic acids is 1. The maximum atomic E-state index is 10.3. The average Bonchev–Trinajstić information content (AvgIpc) is 2.00. The lowest BCUT2D eigenvalue weighted by molar-refractivity contribution is -0.125. The Morgan fingerprint density at radius 2 is 2.10 bits per heavy atom. The number of unbranched alkanes of at least 4 members (excludes halogenated alkanes) is 1. The second-order valence-electron chi connectivity index (χ2n) is 2.68. The fourth-order valence-corrected chi connectivity index (χ4v) is 0.802. The highest BCUT2D eigenvalue weighted by atomic mass is 16.3.